The zero-order valence-electron chi connectivity index (χ0n) is 15.8. The minimum atomic E-state index is -0.764. The van der Waals surface area contributed by atoms with Crippen LogP contribution in [0, 0.1) is 5.82 Å². The van der Waals surface area contributed by atoms with Gasteiger partial charge in [0.05, 0.1) is 23.4 Å². The Morgan fingerprint density at radius 1 is 1.14 bits per heavy atom. The highest BCUT2D eigenvalue weighted by Gasteiger charge is 2.23. The number of fused-ring (bicyclic) bond motifs is 3. The van der Waals surface area contributed by atoms with E-state index in [1.807, 2.05) is 6.92 Å². The third kappa shape index (κ3) is 2.68. The van der Waals surface area contributed by atoms with Crippen molar-refractivity contribution in [3.05, 3.63) is 58.4 Å². The molecule has 0 fully saturated rings. The van der Waals surface area contributed by atoms with Gasteiger partial charge in [0.15, 0.2) is 11.2 Å². The molecule has 0 saturated heterocycles. The summed E-state index contributed by atoms with van der Waals surface area (Å²) in [7, 11) is 0. The molecule has 0 amide bonds. The lowest BCUT2D eigenvalue weighted by Gasteiger charge is -2.24. The van der Waals surface area contributed by atoms with Crippen LogP contribution in [-0.2, 0) is 12.0 Å². The zero-order chi connectivity index (χ0) is 20.1. The van der Waals surface area contributed by atoms with Crippen LogP contribution in [0.25, 0.3) is 27.8 Å². The van der Waals surface area contributed by atoms with Crippen molar-refractivity contribution in [3.8, 4) is 11.1 Å². The number of aliphatic hydroxyl groups is 1. The molecule has 0 bridgehead atoms. The molecule has 144 valence electrons. The monoisotopic (exact) mass is 381 g/mol. The number of rotatable bonds is 4. The average molecular weight is 381 g/mol. The van der Waals surface area contributed by atoms with Crippen molar-refractivity contribution in [2.24, 2.45) is 0 Å². The topological polar surface area (TPSA) is 85.3 Å². The summed E-state index contributed by atoms with van der Waals surface area (Å²) < 4.78 is 16.4. The molecule has 0 atom stereocenters. The van der Waals surface area contributed by atoms with Crippen LogP contribution in [-0.4, -0.2) is 36.1 Å². The highest BCUT2D eigenvalue weighted by molar-refractivity contribution is 5.84. The summed E-state index contributed by atoms with van der Waals surface area (Å²) in [6, 6.07) is 7.89. The number of halogens is 1. The average Bonchev–Trinajstić information content (AvgIpc) is 3.07. The molecule has 1 aromatic carbocycles. The molecule has 7 nitrogen and oxygen atoms in total. The van der Waals surface area contributed by atoms with Gasteiger partial charge in [0, 0.05) is 6.20 Å². The van der Waals surface area contributed by atoms with Gasteiger partial charge in [-0.2, -0.15) is 5.10 Å². The van der Waals surface area contributed by atoms with Crippen molar-refractivity contribution in [2.45, 2.75) is 32.7 Å². The Morgan fingerprint density at radius 3 is 2.50 bits per heavy atom. The summed E-state index contributed by atoms with van der Waals surface area (Å²) in [5, 5.41) is 22.7. The Kier molecular flexibility index (Phi) is 4.23. The van der Waals surface area contributed by atoms with Crippen LogP contribution >= 0.6 is 0 Å². The van der Waals surface area contributed by atoms with Crippen LogP contribution in [0.5, 0.6) is 0 Å². The second-order valence-electron chi connectivity index (χ2n) is 7.31. The van der Waals surface area contributed by atoms with E-state index in [9.17, 15) is 14.3 Å². The van der Waals surface area contributed by atoms with Crippen molar-refractivity contribution >= 4 is 16.7 Å². The van der Waals surface area contributed by atoms with Crippen molar-refractivity contribution in [1.82, 2.24) is 24.4 Å². The fourth-order valence-electron chi connectivity index (χ4n) is 3.30. The molecule has 0 aliphatic heterocycles. The molecule has 0 radical (unpaired) electrons. The fraction of sp³-hybridized carbons (Fsp3) is 0.300. The molecule has 3 heterocycles. The smallest absolute Gasteiger partial charge is 0.281 e. The summed E-state index contributed by atoms with van der Waals surface area (Å²) in [6.45, 7) is 5.32. The van der Waals surface area contributed by atoms with E-state index in [1.54, 1.807) is 42.8 Å². The minimum absolute atomic E-state index is 0.173. The Labute approximate surface area is 160 Å². The van der Waals surface area contributed by atoms with Crippen LogP contribution in [0.4, 0.5) is 4.39 Å². The molecular weight excluding hydrogens is 361 g/mol. The standard InChI is InChI=1S/C20H20FN5O2/c1-4-14-16(12-5-7-13(21)8-6-12)18-23-22-17-15(26(18)24-14)9-10-25(19(17)28)20(2,3)11-27/h5-10,27H,4,11H2,1-3H3. The lowest BCUT2D eigenvalue weighted by atomic mass is 10.0. The molecule has 0 unspecified atom stereocenters. The lowest BCUT2D eigenvalue weighted by Crippen LogP contribution is -2.39. The number of aliphatic hydroxyl groups excluding tert-OH is 1. The molecule has 8 heteroatoms. The van der Waals surface area contributed by atoms with Crippen molar-refractivity contribution < 1.29 is 9.50 Å². The Bertz CT molecular complexity index is 1240. The first kappa shape index (κ1) is 18.2. The molecule has 0 saturated carbocycles. The van der Waals surface area contributed by atoms with E-state index in [0.29, 0.717) is 17.6 Å². The largest absolute Gasteiger partial charge is 0.394 e. The second-order valence-corrected chi connectivity index (χ2v) is 7.31. The third-order valence-electron chi connectivity index (χ3n) is 4.96. The van der Waals surface area contributed by atoms with Gasteiger partial charge >= 0.3 is 0 Å². The first-order valence-corrected chi connectivity index (χ1v) is 9.04. The molecule has 28 heavy (non-hydrogen) atoms. The first-order valence-electron chi connectivity index (χ1n) is 9.04. The quantitative estimate of drug-likeness (QED) is 0.587. The summed E-state index contributed by atoms with van der Waals surface area (Å²) in [5.41, 5.74) is 2.45. The van der Waals surface area contributed by atoms with Gasteiger partial charge in [0.25, 0.3) is 5.56 Å². The maximum Gasteiger partial charge on any atom is 0.281 e. The molecule has 4 aromatic rings. The van der Waals surface area contributed by atoms with Gasteiger partial charge < -0.3 is 9.67 Å². The zero-order valence-corrected chi connectivity index (χ0v) is 15.8. The molecule has 0 spiro atoms. The summed E-state index contributed by atoms with van der Waals surface area (Å²) >= 11 is 0. The maximum atomic E-state index is 13.3. The number of pyridine rings is 1. The summed E-state index contributed by atoms with van der Waals surface area (Å²) in [6.07, 6.45) is 2.28. The van der Waals surface area contributed by atoms with Gasteiger partial charge in [-0.15, -0.1) is 10.2 Å². The normalized spacial score (nSPS) is 12.2. The maximum absolute atomic E-state index is 13.3. The number of hydrogen-bond acceptors (Lipinski definition) is 5. The Morgan fingerprint density at radius 2 is 1.86 bits per heavy atom. The Balaban J connectivity index is 2.03. The van der Waals surface area contributed by atoms with Crippen LogP contribution in [0.15, 0.2) is 41.3 Å². The molecular formula is C20H20FN5O2. The second kappa shape index (κ2) is 6.49. The molecule has 0 aliphatic carbocycles. The number of hydrogen-bond donors (Lipinski definition) is 1. The predicted octanol–water partition coefficient (Wildman–Crippen LogP) is 2.54. The van der Waals surface area contributed by atoms with E-state index < -0.39 is 5.54 Å². The van der Waals surface area contributed by atoms with Crippen LogP contribution in [0.1, 0.15) is 26.5 Å². The predicted molar refractivity (Wildman–Crippen MR) is 104 cm³/mol. The van der Waals surface area contributed by atoms with Gasteiger partial charge in [0.1, 0.15) is 11.3 Å². The van der Waals surface area contributed by atoms with E-state index >= 15 is 0 Å². The van der Waals surface area contributed by atoms with Gasteiger partial charge in [-0.1, -0.05) is 19.1 Å². The van der Waals surface area contributed by atoms with E-state index in [0.717, 1.165) is 16.8 Å². The van der Waals surface area contributed by atoms with Crippen LogP contribution < -0.4 is 5.56 Å². The summed E-state index contributed by atoms with van der Waals surface area (Å²) in [5.74, 6) is -0.318. The van der Waals surface area contributed by atoms with Crippen molar-refractivity contribution in [3.63, 3.8) is 0 Å². The van der Waals surface area contributed by atoms with Gasteiger partial charge in [0.2, 0.25) is 0 Å². The van der Waals surface area contributed by atoms with Gasteiger partial charge in [-0.3, -0.25) is 4.79 Å². The van der Waals surface area contributed by atoms with E-state index in [2.05, 4.69) is 15.3 Å². The molecule has 4 rings (SSSR count). The first-order chi connectivity index (χ1) is 13.4. The van der Waals surface area contributed by atoms with Gasteiger partial charge in [-0.05, 0) is 44.0 Å². The highest BCUT2D eigenvalue weighted by atomic mass is 19.1. The number of benzene rings is 1. The van der Waals surface area contributed by atoms with E-state index in [4.69, 9.17) is 0 Å². The van der Waals surface area contributed by atoms with Crippen LogP contribution in [0.3, 0.4) is 0 Å². The minimum Gasteiger partial charge on any atom is -0.394 e. The number of nitrogens with zero attached hydrogens (tertiary/aromatic N) is 5. The van der Waals surface area contributed by atoms with Crippen molar-refractivity contribution in [1.29, 1.82) is 0 Å². The Hall–Kier alpha value is -3.13. The van der Waals surface area contributed by atoms with Gasteiger partial charge in [-0.25, -0.2) is 8.91 Å². The summed E-state index contributed by atoms with van der Waals surface area (Å²) in [4.78, 5) is 12.9. The lowest BCUT2D eigenvalue weighted by molar-refractivity contribution is 0.161. The molecule has 0 aliphatic rings. The van der Waals surface area contributed by atoms with Crippen molar-refractivity contribution in [2.75, 3.05) is 6.61 Å². The third-order valence-corrected chi connectivity index (χ3v) is 4.96. The SMILES string of the molecule is CCc1nn2c(nnc3c(=O)n(C(C)(C)CO)ccc32)c1-c1ccc(F)cc1. The molecule has 3 aromatic heterocycles. The van der Waals surface area contributed by atoms with Crippen LogP contribution in [0.2, 0.25) is 0 Å². The number of aryl methyl sites for hydroxylation is 1. The highest BCUT2D eigenvalue weighted by Crippen LogP contribution is 2.29. The van der Waals surface area contributed by atoms with E-state index in [1.165, 1.54) is 16.7 Å². The molecule has 1 N–H and O–H groups in total. The van der Waals surface area contributed by atoms with E-state index in [-0.39, 0.29) is 23.5 Å². The number of aromatic nitrogens is 5. The fourth-order valence-corrected chi connectivity index (χ4v) is 3.30.